The van der Waals surface area contributed by atoms with Gasteiger partial charge in [0.25, 0.3) is 0 Å². The molecular weight excluding hydrogens is 360 g/mol. The van der Waals surface area contributed by atoms with E-state index in [1.165, 1.54) is 43.5 Å². The number of nitrogens with zero attached hydrogens (tertiary/aromatic N) is 3. The highest BCUT2D eigenvalue weighted by Crippen LogP contribution is 2.43. The zero-order chi connectivity index (χ0) is 19.0. The number of nitrogens with one attached hydrogen (secondary N) is 1. The number of hydrogen-bond donors (Lipinski definition) is 1. The van der Waals surface area contributed by atoms with E-state index in [0.29, 0.717) is 36.8 Å². The van der Waals surface area contributed by atoms with Gasteiger partial charge in [-0.05, 0) is 50.6 Å². The molecule has 4 unspecified atom stereocenters. The normalized spacial score (nSPS) is 31.6. The predicted molar refractivity (Wildman–Crippen MR) is 107 cm³/mol. The van der Waals surface area contributed by atoms with E-state index in [1.54, 1.807) is 0 Å². The molecule has 0 spiro atoms. The summed E-state index contributed by atoms with van der Waals surface area (Å²) < 4.78 is 29.0. The Labute approximate surface area is 163 Å². The van der Waals surface area contributed by atoms with Gasteiger partial charge >= 0.3 is 0 Å². The monoisotopic (exact) mass is 394 g/mol. The second-order valence-corrected chi connectivity index (χ2v) is 10.7. The summed E-state index contributed by atoms with van der Waals surface area (Å²) in [6.07, 6.45) is 8.22. The van der Waals surface area contributed by atoms with Gasteiger partial charge in [0.1, 0.15) is 0 Å². The number of aryl methyl sites for hydroxylation is 1. The predicted octanol–water partition coefficient (Wildman–Crippen LogP) is 2.58. The average molecular weight is 395 g/mol. The average Bonchev–Trinajstić information content (AvgIpc) is 3.30. The van der Waals surface area contributed by atoms with E-state index < -0.39 is 10.0 Å². The van der Waals surface area contributed by atoms with Crippen LogP contribution in [0.3, 0.4) is 0 Å². The summed E-state index contributed by atoms with van der Waals surface area (Å²) in [4.78, 5) is 2.50. The summed E-state index contributed by atoms with van der Waals surface area (Å²) in [5.74, 6) is 2.06. The quantitative estimate of drug-likeness (QED) is 0.772. The number of aromatic nitrogens is 2. The minimum absolute atomic E-state index is 0.227. The molecule has 152 valence electrons. The summed E-state index contributed by atoms with van der Waals surface area (Å²) in [6.45, 7) is 4.59. The highest BCUT2D eigenvalue weighted by molar-refractivity contribution is 7.89. The van der Waals surface area contributed by atoms with Crippen molar-refractivity contribution in [2.45, 2.75) is 69.7 Å². The van der Waals surface area contributed by atoms with Gasteiger partial charge in [0.15, 0.2) is 0 Å². The summed E-state index contributed by atoms with van der Waals surface area (Å²) >= 11 is 0. The number of piperidine rings is 3. The zero-order valence-corrected chi connectivity index (χ0v) is 17.5. The highest BCUT2D eigenvalue weighted by atomic mass is 32.2. The summed E-state index contributed by atoms with van der Waals surface area (Å²) in [5, 5.41) is 4.87. The van der Waals surface area contributed by atoms with E-state index in [4.69, 9.17) is 5.10 Å². The molecule has 0 amide bonds. The number of hydrogen-bond acceptors (Lipinski definition) is 4. The standard InChI is InChI=1S/C20H34N4O2S/c1-3-10-27(25,26)21-13-17-11-16-8-9-24(17)14-18(16)20-12-19(22-23(20)2)15-6-4-5-7-15/h12,15-18,21H,3-11,13-14H2,1-2H3. The van der Waals surface area contributed by atoms with Gasteiger partial charge in [-0.15, -0.1) is 0 Å². The molecule has 4 heterocycles. The number of rotatable bonds is 7. The van der Waals surface area contributed by atoms with Crippen molar-refractivity contribution < 1.29 is 8.42 Å². The van der Waals surface area contributed by atoms with Gasteiger partial charge in [-0.1, -0.05) is 19.8 Å². The fourth-order valence-electron chi connectivity index (χ4n) is 5.52. The van der Waals surface area contributed by atoms with Gasteiger partial charge in [0.05, 0.1) is 11.4 Å². The van der Waals surface area contributed by atoms with Gasteiger partial charge in [0, 0.05) is 43.7 Å². The molecule has 5 rings (SSSR count). The Balaban J connectivity index is 1.42. The minimum atomic E-state index is -3.12. The van der Waals surface area contributed by atoms with Crippen LogP contribution in [0.25, 0.3) is 0 Å². The molecule has 1 aliphatic carbocycles. The van der Waals surface area contributed by atoms with E-state index in [2.05, 4.69) is 27.4 Å². The van der Waals surface area contributed by atoms with Crippen LogP contribution >= 0.6 is 0 Å². The van der Waals surface area contributed by atoms with Crippen molar-refractivity contribution in [3.8, 4) is 0 Å². The first-order valence-corrected chi connectivity index (χ1v) is 12.4. The number of sulfonamides is 1. The van der Waals surface area contributed by atoms with Crippen molar-refractivity contribution in [1.29, 1.82) is 0 Å². The molecule has 1 aromatic heterocycles. The lowest BCUT2D eigenvalue weighted by atomic mass is 9.74. The van der Waals surface area contributed by atoms with Crippen LogP contribution in [0.5, 0.6) is 0 Å². The molecule has 1 aromatic rings. The summed E-state index contributed by atoms with van der Waals surface area (Å²) in [5.41, 5.74) is 2.68. The van der Waals surface area contributed by atoms with E-state index in [9.17, 15) is 8.42 Å². The van der Waals surface area contributed by atoms with Crippen molar-refractivity contribution in [2.24, 2.45) is 13.0 Å². The molecule has 1 saturated carbocycles. The van der Waals surface area contributed by atoms with Crippen LogP contribution in [0.2, 0.25) is 0 Å². The second-order valence-electron chi connectivity index (χ2n) is 8.81. The second kappa shape index (κ2) is 7.84. The molecule has 2 bridgehead atoms. The first-order chi connectivity index (χ1) is 13.0. The van der Waals surface area contributed by atoms with E-state index in [0.717, 1.165) is 19.5 Å². The Hall–Kier alpha value is -0.920. The van der Waals surface area contributed by atoms with Gasteiger partial charge in [-0.3, -0.25) is 9.58 Å². The van der Waals surface area contributed by atoms with Crippen LogP contribution in [0.1, 0.15) is 75.1 Å². The lowest BCUT2D eigenvalue weighted by molar-refractivity contribution is 0.0306. The topological polar surface area (TPSA) is 67.2 Å². The van der Waals surface area contributed by atoms with Crippen LogP contribution in [0.15, 0.2) is 6.07 Å². The Morgan fingerprint density at radius 1 is 1.26 bits per heavy atom. The van der Waals surface area contributed by atoms with Gasteiger partial charge in [0.2, 0.25) is 10.0 Å². The maximum Gasteiger partial charge on any atom is 0.211 e. The molecule has 3 saturated heterocycles. The maximum absolute atomic E-state index is 12.0. The molecule has 27 heavy (non-hydrogen) atoms. The van der Waals surface area contributed by atoms with E-state index in [-0.39, 0.29) is 5.75 Å². The van der Waals surface area contributed by atoms with Crippen molar-refractivity contribution >= 4 is 10.0 Å². The Bertz CT molecular complexity index is 754. The van der Waals surface area contributed by atoms with Gasteiger partial charge < -0.3 is 0 Å². The molecule has 6 nitrogen and oxygen atoms in total. The van der Waals surface area contributed by atoms with Gasteiger partial charge in [-0.25, -0.2) is 13.1 Å². The molecule has 4 aliphatic rings. The Morgan fingerprint density at radius 3 is 2.70 bits per heavy atom. The van der Waals surface area contributed by atoms with Crippen LogP contribution in [0, 0.1) is 5.92 Å². The molecular formula is C20H34N4O2S. The molecule has 4 fully saturated rings. The fraction of sp³-hybridized carbons (Fsp3) is 0.850. The SMILES string of the molecule is CCCS(=O)(=O)NCC1CC2CCN1CC2c1cc(C2CCCC2)nn1C. The largest absolute Gasteiger partial charge is 0.298 e. The molecule has 4 atom stereocenters. The maximum atomic E-state index is 12.0. The fourth-order valence-corrected chi connectivity index (χ4v) is 6.65. The third-order valence-corrected chi connectivity index (χ3v) is 8.53. The van der Waals surface area contributed by atoms with Crippen LogP contribution in [-0.2, 0) is 17.1 Å². The van der Waals surface area contributed by atoms with Crippen molar-refractivity contribution in [1.82, 2.24) is 19.4 Å². The molecule has 7 heteroatoms. The summed E-state index contributed by atoms with van der Waals surface area (Å²) in [7, 11) is -1.02. The van der Waals surface area contributed by atoms with Crippen molar-refractivity contribution in [2.75, 3.05) is 25.4 Å². The van der Waals surface area contributed by atoms with Gasteiger partial charge in [-0.2, -0.15) is 5.10 Å². The summed E-state index contributed by atoms with van der Waals surface area (Å²) in [6, 6.07) is 2.72. The van der Waals surface area contributed by atoms with Crippen LogP contribution in [-0.4, -0.2) is 54.5 Å². The highest BCUT2D eigenvalue weighted by Gasteiger charge is 2.42. The smallest absolute Gasteiger partial charge is 0.211 e. The third-order valence-electron chi connectivity index (χ3n) is 6.98. The molecule has 1 N–H and O–H groups in total. The number of fused-ring (bicyclic) bond motifs is 3. The van der Waals surface area contributed by atoms with Crippen LogP contribution < -0.4 is 4.72 Å². The van der Waals surface area contributed by atoms with Crippen molar-refractivity contribution in [3.05, 3.63) is 17.5 Å². The zero-order valence-electron chi connectivity index (χ0n) is 16.7. The molecule has 3 aliphatic heterocycles. The molecule has 0 aromatic carbocycles. The van der Waals surface area contributed by atoms with E-state index in [1.807, 2.05) is 6.92 Å². The first kappa shape index (κ1) is 19.4. The Kier molecular flexibility index (Phi) is 5.63. The molecule has 0 radical (unpaired) electrons. The lowest BCUT2D eigenvalue weighted by Gasteiger charge is -2.50. The van der Waals surface area contributed by atoms with E-state index >= 15 is 0 Å². The lowest BCUT2D eigenvalue weighted by Crippen LogP contribution is -2.56. The van der Waals surface area contributed by atoms with Crippen molar-refractivity contribution in [3.63, 3.8) is 0 Å². The Morgan fingerprint density at radius 2 is 2.04 bits per heavy atom. The minimum Gasteiger partial charge on any atom is -0.298 e. The van der Waals surface area contributed by atoms with Crippen LogP contribution in [0.4, 0.5) is 0 Å². The first-order valence-electron chi connectivity index (χ1n) is 10.7. The third kappa shape index (κ3) is 4.10.